The molecule has 0 unspecified atom stereocenters. The zero-order valence-electron chi connectivity index (χ0n) is 10.6. The van der Waals surface area contributed by atoms with Gasteiger partial charge in [0.15, 0.2) is 0 Å². The first kappa shape index (κ1) is 14.3. The quantitative estimate of drug-likeness (QED) is 0.796. The Labute approximate surface area is 123 Å². The molecule has 0 aliphatic carbocycles. The Balaban J connectivity index is 2.54. The predicted molar refractivity (Wildman–Crippen MR) is 84.9 cm³/mol. The van der Waals surface area contributed by atoms with Gasteiger partial charge in [-0.1, -0.05) is 0 Å². The van der Waals surface area contributed by atoms with Crippen molar-refractivity contribution in [2.45, 2.75) is 0 Å². The number of rotatable bonds is 4. The monoisotopic (exact) mass is 392 g/mol. The predicted octanol–water partition coefficient (Wildman–Crippen LogP) is 4.11. The molecule has 0 aliphatic rings. The van der Waals surface area contributed by atoms with Gasteiger partial charge in [0.2, 0.25) is 0 Å². The fourth-order valence-corrected chi connectivity index (χ4v) is 6.59. The third-order valence-electron chi connectivity index (χ3n) is 2.52. The molecule has 5 heteroatoms. The summed E-state index contributed by atoms with van der Waals surface area (Å²) in [6.07, 6.45) is 0. The summed E-state index contributed by atoms with van der Waals surface area (Å²) in [7, 11) is 9.79. The number of phenolic OH excluding ortho intramolecular Hbond substituents is 1. The molecule has 0 heterocycles. The van der Waals surface area contributed by atoms with Gasteiger partial charge in [-0.05, 0) is 0 Å². The van der Waals surface area contributed by atoms with E-state index >= 15 is 0 Å². The van der Waals surface area contributed by atoms with Crippen LogP contribution in [0.5, 0.6) is 17.2 Å². The Morgan fingerprint density at radius 2 is 1.53 bits per heavy atom. The maximum absolute atomic E-state index is 9.65. The van der Waals surface area contributed by atoms with Crippen LogP contribution in [0.3, 0.4) is 0 Å². The summed E-state index contributed by atoms with van der Waals surface area (Å²) in [5.74, 6) is 1.24. The first-order valence-corrected chi connectivity index (χ1v) is 10.4. The van der Waals surface area contributed by atoms with Crippen molar-refractivity contribution in [1.29, 1.82) is 0 Å². The van der Waals surface area contributed by atoms with Crippen molar-refractivity contribution in [2.24, 2.45) is 0 Å². The van der Waals surface area contributed by atoms with Crippen molar-refractivity contribution in [3.63, 3.8) is 0 Å². The van der Waals surface area contributed by atoms with Gasteiger partial charge in [0.1, 0.15) is 0 Å². The van der Waals surface area contributed by atoms with E-state index in [0.717, 1.165) is 7.14 Å². The Morgan fingerprint density at radius 3 is 2.00 bits per heavy atom. The van der Waals surface area contributed by atoms with Gasteiger partial charge in [0.25, 0.3) is 0 Å². The van der Waals surface area contributed by atoms with E-state index in [1.165, 1.54) is 0 Å². The molecule has 2 aromatic rings. The molecule has 2 rings (SSSR count). The molecule has 0 amide bonds. The van der Waals surface area contributed by atoms with Crippen molar-refractivity contribution in [3.8, 4) is 17.2 Å². The van der Waals surface area contributed by atoms with E-state index in [1.807, 2.05) is 30.3 Å². The van der Waals surface area contributed by atoms with Crippen LogP contribution in [0.1, 0.15) is 0 Å². The van der Waals surface area contributed by atoms with Crippen LogP contribution in [-0.4, -0.2) is 19.3 Å². The standard InChI is InChI=1S/C14H14ClIO3/c1-18-12-8-11(17)9-13(19-2)14(12)16(15)10-6-4-3-5-7-10/h3-9,17H,1-2H3. The molecule has 19 heavy (non-hydrogen) atoms. The number of benzene rings is 2. The van der Waals surface area contributed by atoms with Crippen LogP contribution < -0.4 is 9.47 Å². The molecule has 1 N–H and O–H groups in total. The van der Waals surface area contributed by atoms with Gasteiger partial charge in [0.05, 0.1) is 0 Å². The van der Waals surface area contributed by atoms with Gasteiger partial charge in [-0.15, -0.1) is 0 Å². The van der Waals surface area contributed by atoms with Gasteiger partial charge in [-0.3, -0.25) is 0 Å². The molecule has 0 aliphatic heterocycles. The molecule has 3 nitrogen and oxygen atoms in total. The summed E-state index contributed by atoms with van der Waals surface area (Å²) in [5.41, 5.74) is 0. The van der Waals surface area contributed by atoms with Gasteiger partial charge in [-0.25, -0.2) is 0 Å². The first-order valence-electron chi connectivity index (χ1n) is 5.53. The molecule has 0 saturated carbocycles. The third-order valence-corrected chi connectivity index (χ3v) is 8.41. The Morgan fingerprint density at radius 1 is 1.00 bits per heavy atom. The van der Waals surface area contributed by atoms with Crippen LogP contribution in [0.2, 0.25) is 0 Å². The molecule has 0 atom stereocenters. The van der Waals surface area contributed by atoms with Crippen LogP contribution >= 0.6 is 27.6 Å². The number of methoxy groups -OCH3 is 2. The second-order valence-corrected chi connectivity index (χ2v) is 9.29. The van der Waals surface area contributed by atoms with Crippen molar-refractivity contribution in [3.05, 3.63) is 49.6 Å². The second-order valence-electron chi connectivity index (χ2n) is 3.70. The van der Waals surface area contributed by atoms with Crippen LogP contribution in [0, 0.1) is 7.14 Å². The second kappa shape index (κ2) is 6.34. The van der Waals surface area contributed by atoms with Crippen molar-refractivity contribution >= 4 is 27.6 Å². The summed E-state index contributed by atoms with van der Waals surface area (Å²) >= 11 is -2.14. The van der Waals surface area contributed by atoms with Gasteiger partial charge in [-0.2, -0.15) is 0 Å². The molecule has 2 aromatic carbocycles. The van der Waals surface area contributed by atoms with Crippen molar-refractivity contribution in [1.82, 2.24) is 0 Å². The van der Waals surface area contributed by atoms with E-state index in [-0.39, 0.29) is 5.75 Å². The number of ether oxygens (including phenoxy) is 2. The Bertz CT molecular complexity index is 535. The van der Waals surface area contributed by atoms with E-state index in [1.54, 1.807) is 26.4 Å². The number of phenols is 1. The number of halogens is 2. The average Bonchev–Trinajstić information content (AvgIpc) is 2.46. The van der Waals surface area contributed by atoms with Crippen LogP contribution in [0.15, 0.2) is 42.5 Å². The molecular formula is C14H14ClIO3. The normalized spacial score (nSPS) is 11.0. The SMILES string of the molecule is COc1cc(O)cc(OC)c1I(Cl)c1ccccc1. The molecule has 0 aromatic heterocycles. The minimum atomic E-state index is -2.14. The van der Waals surface area contributed by atoms with E-state index in [9.17, 15) is 5.11 Å². The Kier molecular flexibility index (Phi) is 4.76. The first-order chi connectivity index (χ1) is 9.17. The van der Waals surface area contributed by atoms with Crippen molar-refractivity contribution in [2.75, 3.05) is 14.2 Å². The molecular weight excluding hydrogens is 379 g/mol. The van der Waals surface area contributed by atoms with Crippen LogP contribution in [-0.2, 0) is 0 Å². The fraction of sp³-hybridized carbons (Fsp3) is 0.143. The van der Waals surface area contributed by atoms with Crippen LogP contribution in [0.25, 0.3) is 0 Å². The van der Waals surface area contributed by atoms with Gasteiger partial charge < -0.3 is 0 Å². The molecule has 102 valence electrons. The van der Waals surface area contributed by atoms with E-state index < -0.39 is 18.7 Å². The maximum atomic E-state index is 9.65. The van der Waals surface area contributed by atoms with Crippen molar-refractivity contribution < 1.29 is 14.6 Å². The molecule has 0 saturated heterocycles. The van der Waals surface area contributed by atoms with Gasteiger partial charge in [0, 0.05) is 0 Å². The van der Waals surface area contributed by atoms with E-state index in [4.69, 9.17) is 18.4 Å². The number of hydrogen-bond donors (Lipinski definition) is 1. The zero-order chi connectivity index (χ0) is 13.8. The third kappa shape index (κ3) is 3.06. The summed E-state index contributed by atoms with van der Waals surface area (Å²) in [5, 5.41) is 9.65. The minimum absolute atomic E-state index is 0.103. The van der Waals surface area contributed by atoms with E-state index in [2.05, 4.69) is 0 Å². The number of aromatic hydroxyl groups is 1. The van der Waals surface area contributed by atoms with Gasteiger partial charge >= 0.3 is 123 Å². The number of hydrogen-bond acceptors (Lipinski definition) is 3. The summed E-state index contributed by atoms with van der Waals surface area (Å²) < 4.78 is 12.6. The summed E-state index contributed by atoms with van der Waals surface area (Å²) in [4.78, 5) is 0. The molecule has 0 radical (unpaired) electrons. The fourth-order valence-electron chi connectivity index (χ4n) is 1.65. The molecule has 0 bridgehead atoms. The molecule has 0 spiro atoms. The topological polar surface area (TPSA) is 38.7 Å². The Hall–Kier alpha value is -1.14. The molecule has 0 fully saturated rings. The summed E-state index contributed by atoms with van der Waals surface area (Å²) in [6.45, 7) is 0. The zero-order valence-corrected chi connectivity index (χ0v) is 13.5. The van der Waals surface area contributed by atoms with E-state index in [0.29, 0.717) is 11.5 Å². The summed E-state index contributed by atoms with van der Waals surface area (Å²) in [6, 6.07) is 13.0. The average molecular weight is 393 g/mol. The van der Waals surface area contributed by atoms with Crippen LogP contribution in [0.4, 0.5) is 0 Å².